The molecule has 2 aliphatic rings. The molecule has 0 amide bonds. The van der Waals surface area contributed by atoms with Crippen LogP contribution in [-0.4, -0.2) is 28.2 Å². The number of hydrogen-bond donors (Lipinski definition) is 1. The third-order valence-electron chi connectivity index (χ3n) is 5.59. The maximum Gasteiger partial charge on any atom is 0.240 e. The first-order valence-electron chi connectivity index (χ1n) is 9.42. The molecule has 1 N–H and O–H groups in total. The van der Waals surface area contributed by atoms with Crippen molar-refractivity contribution in [1.82, 2.24) is 4.72 Å². The van der Waals surface area contributed by atoms with Gasteiger partial charge in [0.2, 0.25) is 10.0 Å². The molecule has 7 heteroatoms. The van der Waals surface area contributed by atoms with Crippen molar-refractivity contribution in [2.45, 2.75) is 36.0 Å². The molecule has 146 valence electrons. The molecular weight excluding hydrogens is 376 g/mol. The Morgan fingerprint density at radius 2 is 1.79 bits per heavy atom. The van der Waals surface area contributed by atoms with Gasteiger partial charge in [0.1, 0.15) is 13.2 Å². The summed E-state index contributed by atoms with van der Waals surface area (Å²) >= 11 is 0. The average Bonchev–Trinajstić information content (AvgIpc) is 3.22. The quantitative estimate of drug-likeness (QED) is 0.836. The van der Waals surface area contributed by atoms with Crippen molar-refractivity contribution in [2.75, 3.05) is 19.8 Å². The fraction of sp³-hybridized carbons (Fsp3) is 0.381. The van der Waals surface area contributed by atoms with E-state index in [1.54, 1.807) is 12.1 Å². The van der Waals surface area contributed by atoms with Crippen molar-refractivity contribution < 1.29 is 17.9 Å². The van der Waals surface area contributed by atoms with E-state index in [-0.39, 0.29) is 10.3 Å². The molecule has 0 saturated heterocycles. The first-order chi connectivity index (χ1) is 13.5. The van der Waals surface area contributed by atoms with Crippen LogP contribution >= 0.6 is 0 Å². The van der Waals surface area contributed by atoms with E-state index in [0.29, 0.717) is 25.3 Å². The van der Waals surface area contributed by atoms with Crippen LogP contribution in [0.4, 0.5) is 0 Å². The SMILES string of the molecule is N#Cc1cccc(S(=O)(=O)NCC2(c3ccc4c(c3)OCCO4)CCCC2)c1. The number of nitrogens with zero attached hydrogens (tertiary/aromatic N) is 1. The lowest BCUT2D eigenvalue weighted by Gasteiger charge is -2.31. The van der Waals surface area contributed by atoms with Crippen LogP contribution in [0, 0.1) is 11.3 Å². The minimum atomic E-state index is -3.70. The third kappa shape index (κ3) is 3.58. The van der Waals surface area contributed by atoms with Gasteiger partial charge < -0.3 is 9.47 Å². The van der Waals surface area contributed by atoms with E-state index in [0.717, 1.165) is 42.7 Å². The highest BCUT2D eigenvalue weighted by atomic mass is 32.2. The molecule has 0 aromatic heterocycles. The molecule has 28 heavy (non-hydrogen) atoms. The zero-order valence-corrected chi connectivity index (χ0v) is 16.3. The highest BCUT2D eigenvalue weighted by molar-refractivity contribution is 7.89. The number of sulfonamides is 1. The predicted molar refractivity (Wildman–Crippen MR) is 104 cm³/mol. The van der Waals surface area contributed by atoms with Gasteiger partial charge in [-0.1, -0.05) is 25.0 Å². The zero-order chi connectivity index (χ0) is 19.6. The Labute approximate surface area is 165 Å². The van der Waals surface area contributed by atoms with Crippen molar-refractivity contribution in [3.8, 4) is 17.6 Å². The molecule has 2 aromatic rings. The van der Waals surface area contributed by atoms with E-state index in [1.165, 1.54) is 12.1 Å². The summed E-state index contributed by atoms with van der Waals surface area (Å²) in [5.74, 6) is 1.46. The van der Waals surface area contributed by atoms with Crippen LogP contribution in [0.1, 0.15) is 36.8 Å². The first-order valence-corrected chi connectivity index (χ1v) is 10.9. The molecule has 1 aliphatic heterocycles. The van der Waals surface area contributed by atoms with Crippen LogP contribution in [0.15, 0.2) is 47.4 Å². The van der Waals surface area contributed by atoms with E-state index < -0.39 is 10.0 Å². The summed E-state index contributed by atoms with van der Waals surface area (Å²) in [6.07, 6.45) is 3.93. The van der Waals surface area contributed by atoms with Gasteiger partial charge in [0, 0.05) is 12.0 Å². The number of ether oxygens (including phenoxy) is 2. The number of nitrogens with one attached hydrogen (secondary N) is 1. The molecular formula is C21H22N2O4S. The Hall–Kier alpha value is -2.56. The minimum Gasteiger partial charge on any atom is -0.486 e. The van der Waals surface area contributed by atoms with Crippen molar-refractivity contribution in [2.24, 2.45) is 0 Å². The van der Waals surface area contributed by atoms with Gasteiger partial charge in [0.25, 0.3) is 0 Å². The lowest BCUT2D eigenvalue weighted by molar-refractivity contribution is 0.171. The molecule has 0 radical (unpaired) electrons. The number of hydrogen-bond acceptors (Lipinski definition) is 5. The predicted octanol–water partition coefficient (Wildman–Crippen LogP) is 3.12. The zero-order valence-electron chi connectivity index (χ0n) is 15.5. The second kappa shape index (κ2) is 7.46. The lowest BCUT2D eigenvalue weighted by atomic mass is 9.79. The summed E-state index contributed by atoms with van der Waals surface area (Å²) in [6.45, 7) is 1.37. The summed E-state index contributed by atoms with van der Waals surface area (Å²) in [7, 11) is -3.70. The highest BCUT2D eigenvalue weighted by Crippen LogP contribution is 2.44. The summed E-state index contributed by atoms with van der Waals surface area (Å²) in [5, 5.41) is 9.03. The van der Waals surface area contributed by atoms with Gasteiger partial charge in [0.05, 0.1) is 16.5 Å². The molecule has 6 nitrogen and oxygen atoms in total. The van der Waals surface area contributed by atoms with Crippen LogP contribution in [0.5, 0.6) is 11.5 Å². The normalized spacial score (nSPS) is 17.8. The van der Waals surface area contributed by atoms with Gasteiger partial charge >= 0.3 is 0 Å². The largest absolute Gasteiger partial charge is 0.486 e. The fourth-order valence-electron chi connectivity index (χ4n) is 4.04. The molecule has 1 saturated carbocycles. The van der Waals surface area contributed by atoms with E-state index >= 15 is 0 Å². The van der Waals surface area contributed by atoms with Crippen molar-refractivity contribution in [3.63, 3.8) is 0 Å². The van der Waals surface area contributed by atoms with E-state index in [9.17, 15) is 8.42 Å². The Bertz CT molecular complexity index is 1020. The molecule has 2 aromatic carbocycles. The summed E-state index contributed by atoms with van der Waals surface area (Å²) in [6, 6.07) is 14.0. The molecule has 0 unspecified atom stereocenters. The summed E-state index contributed by atoms with van der Waals surface area (Å²) in [4.78, 5) is 0.113. The third-order valence-corrected chi connectivity index (χ3v) is 6.99. The van der Waals surface area contributed by atoms with Crippen molar-refractivity contribution >= 4 is 10.0 Å². The Morgan fingerprint density at radius 3 is 2.54 bits per heavy atom. The standard InChI is InChI=1S/C21H22N2O4S/c22-14-16-4-3-5-18(12-16)28(24,25)23-15-21(8-1-2-9-21)17-6-7-19-20(13-17)27-11-10-26-19/h3-7,12-13,23H,1-2,8-11,15H2. The van der Waals surface area contributed by atoms with Crippen LogP contribution in [-0.2, 0) is 15.4 Å². The smallest absolute Gasteiger partial charge is 0.240 e. The molecule has 0 spiro atoms. The van der Waals surface area contributed by atoms with E-state index in [4.69, 9.17) is 14.7 Å². The van der Waals surface area contributed by atoms with Gasteiger partial charge in [-0.2, -0.15) is 5.26 Å². The molecule has 1 aliphatic carbocycles. The van der Waals surface area contributed by atoms with Gasteiger partial charge in [-0.15, -0.1) is 0 Å². The Balaban J connectivity index is 1.59. The summed E-state index contributed by atoms with van der Waals surface area (Å²) in [5.41, 5.74) is 1.13. The molecule has 1 heterocycles. The van der Waals surface area contributed by atoms with Crippen LogP contribution in [0.25, 0.3) is 0 Å². The van der Waals surface area contributed by atoms with Gasteiger partial charge in [0.15, 0.2) is 11.5 Å². The van der Waals surface area contributed by atoms with Crippen molar-refractivity contribution in [3.05, 3.63) is 53.6 Å². The minimum absolute atomic E-state index is 0.113. The summed E-state index contributed by atoms with van der Waals surface area (Å²) < 4.78 is 39.7. The second-order valence-electron chi connectivity index (χ2n) is 7.31. The van der Waals surface area contributed by atoms with Crippen molar-refractivity contribution in [1.29, 1.82) is 5.26 Å². The highest BCUT2D eigenvalue weighted by Gasteiger charge is 2.37. The lowest BCUT2D eigenvalue weighted by Crippen LogP contribution is -2.39. The van der Waals surface area contributed by atoms with E-state index in [2.05, 4.69) is 4.72 Å². The Morgan fingerprint density at radius 1 is 1.04 bits per heavy atom. The second-order valence-corrected chi connectivity index (χ2v) is 9.08. The van der Waals surface area contributed by atoms with E-state index in [1.807, 2.05) is 24.3 Å². The molecule has 0 bridgehead atoms. The number of benzene rings is 2. The maximum absolute atomic E-state index is 12.8. The molecule has 0 atom stereocenters. The first kappa shape index (κ1) is 18.8. The number of fused-ring (bicyclic) bond motifs is 1. The van der Waals surface area contributed by atoms with Crippen LogP contribution < -0.4 is 14.2 Å². The number of nitriles is 1. The molecule has 1 fully saturated rings. The monoisotopic (exact) mass is 398 g/mol. The number of rotatable bonds is 5. The van der Waals surface area contributed by atoms with Gasteiger partial charge in [-0.3, -0.25) is 0 Å². The van der Waals surface area contributed by atoms with Crippen LogP contribution in [0.3, 0.4) is 0 Å². The van der Waals surface area contributed by atoms with Gasteiger partial charge in [-0.25, -0.2) is 13.1 Å². The topological polar surface area (TPSA) is 88.4 Å². The molecule has 4 rings (SSSR count). The Kier molecular flexibility index (Phi) is 5.00. The maximum atomic E-state index is 12.8. The fourth-order valence-corrected chi connectivity index (χ4v) is 5.21. The van der Waals surface area contributed by atoms with Crippen LogP contribution in [0.2, 0.25) is 0 Å². The van der Waals surface area contributed by atoms with Gasteiger partial charge in [-0.05, 0) is 48.7 Å². The average molecular weight is 398 g/mol.